The number of nitrogens with one attached hydrogen (secondary N) is 1. The van der Waals surface area contributed by atoms with Crippen molar-refractivity contribution in [2.45, 2.75) is 51.5 Å². The number of hydrogen-bond donors (Lipinski definition) is 2. The Balaban J connectivity index is 2.58. The van der Waals surface area contributed by atoms with E-state index in [2.05, 4.69) is 11.4 Å². The number of nitriles is 1. The molecule has 1 aliphatic rings. The zero-order chi connectivity index (χ0) is 12.2. The second kappa shape index (κ2) is 4.84. The van der Waals surface area contributed by atoms with Gasteiger partial charge in [-0.3, -0.25) is 4.79 Å². The van der Waals surface area contributed by atoms with Crippen molar-refractivity contribution in [2.75, 3.05) is 6.54 Å². The van der Waals surface area contributed by atoms with Crippen LogP contribution in [-0.4, -0.2) is 23.2 Å². The van der Waals surface area contributed by atoms with E-state index >= 15 is 0 Å². The number of nitrogens with zero attached hydrogens (tertiary/aromatic N) is 1. The second-order valence-electron chi connectivity index (χ2n) is 4.78. The third-order valence-corrected chi connectivity index (χ3v) is 3.83. The van der Waals surface area contributed by atoms with E-state index in [4.69, 9.17) is 5.26 Å². The first-order valence-corrected chi connectivity index (χ1v) is 5.89. The molecule has 1 rings (SSSR count). The van der Waals surface area contributed by atoms with Gasteiger partial charge in [0, 0.05) is 13.0 Å². The maximum Gasteiger partial charge on any atom is 0.323 e. The normalized spacial score (nSPS) is 17.8. The predicted octanol–water partition coefficient (Wildman–Crippen LogP) is 1.91. The molecule has 0 bridgehead atoms. The maximum absolute atomic E-state index is 11.3. The van der Waals surface area contributed by atoms with E-state index in [0.29, 0.717) is 25.8 Å². The van der Waals surface area contributed by atoms with Gasteiger partial charge in [0.05, 0.1) is 6.07 Å². The largest absolute Gasteiger partial charge is 0.480 e. The van der Waals surface area contributed by atoms with Gasteiger partial charge in [0.2, 0.25) is 0 Å². The smallest absolute Gasteiger partial charge is 0.323 e. The van der Waals surface area contributed by atoms with Crippen molar-refractivity contribution >= 4 is 5.97 Å². The van der Waals surface area contributed by atoms with Crippen LogP contribution in [0.25, 0.3) is 0 Å². The average molecular weight is 224 g/mol. The highest BCUT2D eigenvalue weighted by Crippen LogP contribution is 2.48. The van der Waals surface area contributed by atoms with Gasteiger partial charge in [0.1, 0.15) is 5.54 Å². The highest BCUT2D eigenvalue weighted by molar-refractivity contribution is 5.78. The minimum Gasteiger partial charge on any atom is -0.480 e. The quantitative estimate of drug-likeness (QED) is 0.693. The van der Waals surface area contributed by atoms with E-state index in [1.165, 1.54) is 0 Å². The van der Waals surface area contributed by atoms with Gasteiger partial charge >= 0.3 is 5.97 Å². The fourth-order valence-corrected chi connectivity index (χ4v) is 2.00. The van der Waals surface area contributed by atoms with E-state index in [9.17, 15) is 9.90 Å². The Labute approximate surface area is 96.6 Å². The highest BCUT2D eigenvalue weighted by Gasteiger charge is 2.45. The average Bonchev–Trinajstić information content (AvgIpc) is 3.01. The molecule has 4 heteroatoms. The molecule has 0 aromatic carbocycles. The molecule has 0 heterocycles. The van der Waals surface area contributed by atoms with Gasteiger partial charge in [-0.05, 0) is 31.1 Å². The van der Waals surface area contributed by atoms with Gasteiger partial charge in [0.15, 0.2) is 0 Å². The fraction of sp³-hybridized carbons (Fsp3) is 0.833. The summed E-state index contributed by atoms with van der Waals surface area (Å²) in [6, 6.07) is 2.18. The summed E-state index contributed by atoms with van der Waals surface area (Å²) in [5.74, 6) is -0.787. The molecule has 1 aliphatic carbocycles. The second-order valence-corrected chi connectivity index (χ2v) is 4.78. The van der Waals surface area contributed by atoms with Crippen LogP contribution in [0, 0.1) is 16.7 Å². The molecule has 0 aromatic heterocycles. The zero-order valence-electron chi connectivity index (χ0n) is 10.0. The van der Waals surface area contributed by atoms with E-state index in [1.54, 1.807) is 0 Å². The van der Waals surface area contributed by atoms with Gasteiger partial charge in [-0.1, -0.05) is 13.8 Å². The topological polar surface area (TPSA) is 73.1 Å². The lowest BCUT2D eigenvalue weighted by Crippen LogP contribution is -2.52. The third kappa shape index (κ3) is 2.53. The maximum atomic E-state index is 11.3. The van der Waals surface area contributed by atoms with Crippen LogP contribution in [0.1, 0.15) is 46.0 Å². The summed E-state index contributed by atoms with van der Waals surface area (Å²) in [6.07, 6.45) is 3.75. The van der Waals surface area contributed by atoms with Crippen LogP contribution in [0.3, 0.4) is 0 Å². The first-order valence-electron chi connectivity index (χ1n) is 5.89. The van der Waals surface area contributed by atoms with E-state index in [-0.39, 0.29) is 5.41 Å². The summed E-state index contributed by atoms with van der Waals surface area (Å²) in [5.41, 5.74) is -0.759. The number of aliphatic carboxylic acids is 1. The Morgan fingerprint density at radius 2 is 2.06 bits per heavy atom. The highest BCUT2D eigenvalue weighted by atomic mass is 16.4. The van der Waals surface area contributed by atoms with Crippen LogP contribution in [0.15, 0.2) is 0 Å². The molecule has 0 amide bonds. The summed E-state index contributed by atoms with van der Waals surface area (Å²) < 4.78 is 0. The van der Waals surface area contributed by atoms with Crippen molar-refractivity contribution < 1.29 is 9.90 Å². The monoisotopic (exact) mass is 224 g/mol. The molecule has 2 N–H and O–H groups in total. The van der Waals surface area contributed by atoms with Crippen molar-refractivity contribution in [1.82, 2.24) is 5.32 Å². The van der Waals surface area contributed by atoms with Gasteiger partial charge in [-0.25, -0.2) is 0 Å². The Hall–Kier alpha value is -1.08. The van der Waals surface area contributed by atoms with Crippen molar-refractivity contribution in [2.24, 2.45) is 5.41 Å². The van der Waals surface area contributed by atoms with Crippen LogP contribution >= 0.6 is 0 Å². The fourth-order valence-electron chi connectivity index (χ4n) is 2.00. The Morgan fingerprint density at radius 1 is 1.50 bits per heavy atom. The molecule has 1 saturated carbocycles. The number of carboxylic acid groups (broad SMARTS) is 1. The minimum atomic E-state index is -0.814. The molecule has 0 aliphatic heterocycles. The Kier molecular flexibility index (Phi) is 3.93. The molecule has 0 saturated heterocycles. The summed E-state index contributed by atoms with van der Waals surface area (Å²) >= 11 is 0. The molecule has 90 valence electrons. The van der Waals surface area contributed by atoms with E-state index in [0.717, 1.165) is 12.8 Å². The number of rotatable bonds is 7. The molecule has 0 aromatic rings. The molecule has 0 radical (unpaired) electrons. The molecule has 4 nitrogen and oxygen atoms in total. The lowest BCUT2D eigenvalue weighted by atomic mass is 9.91. The van der Waals surface area contributed by atoms with E-state index in [1.807, 2.05) is 13.8 Å². The van der Waals surface area contributed by atoms with Crippen LogP contribution < -0.4 is 5.32 Å². The van der Waals surface area contributed by atoms with Crippen LogP contribution in [0.2, 0.25) is 0 Å². The lowest BCUT2D eigenvalue weighted by Gasteiger charge is -2.30. The molecule has 0 spiro atoms. The summed E-state index contributed by atoms with van der Waals surface area (Å²) in [5, 5.41) is 21.1. The predicted molar refractivity (Wildman–Crippen MR) is 60.8 cm³/mol. The Bertz CT molecular complexity index is 299. The molecular formula is C12H20N2O2. The van der Waals surface area contributed by atoms with Gasteiger partial charge < -0.3 is 10.4 Å². The molecule has 1 fully saturated rings. The van der Waals surface area contributed by atoms with Gasteiger partial charge in [0.25, 0.3) is 0 Å². The first-order chi connectivity index (χ1) is 7.54. The molecule has 16 heavy (non-hydrogen) atoms. The SMILES string of the molecule is CCC(CC)(NCC1(CC#N)CC1)C(=O)O. The van der Waals surface area contributed by atoms with Crippen molar-refractivity contribution in [1.29, 1.82) is 5.26 Å². The minimum absolute atomic E-state index is 0.0553. The van der Waals surface area contributed by atoms with Gasteiger partial charge in [-0.2, -0.15) is 5.26 Å². The molecule has 0 atom stereocenters. The van der Waals surface area contributed by atoms with Crippen LogP contribution in [0.4, 0.5) is 0 Å². The van der Waals surface area contributed by atoms with Crippen LogP contribution in [0.5, 0.6) is 0 Å². The van der Waals surface area contributed by atoms with E-state index < -0.39 is 11.5 Å². The van der Waals surface area contributed by atoms with Gasteiger partial charge in [-0.15, -0.1) is 0 Å². The summed E-state index contributed by atoms with van der Waals surface area (Å²) in [6.45, 7) is 4.41. The Morgan fingerprint density at radius 3 is 2.38 bits per heavy atom. The van der Waals surface area contributed by atoms with Crippen LogP contribution in [-0.2, 0) is 4.79 Å². The lowest BCUT2D eigenvalue weighted by molar-refractivity contribution is -0.145. The number of carboxylic acids is 1. The van der Waals surface area contributed by atoms with Crippen molar-refractivity contribution in [3.05, 3.63) is 0 Å². The number of hydrogen-bond acceptors (Lipinski definition) is 3. The summed E-state index contributed by atoms with van der Waals surface area (Å²) in [4.78, 5) is 11.3. The van der Waals surface area contributed by atoms with Crippen molar-refractivity contribution in [3.8, 4) is 6.07 Å². The molecule has 0 unspecified atom stereocenters. The molecular weight excluding hydrogens is 204 g/mol. The summed E-state index contributed by atoms with van der Waals surface area (Å²) in [7, 11) is 0. The third-order valence-electron chi connectivity index (χ3n) is 3.83. The van der Waals surface area contributed by atoms with Crippen molar-refractivity contribution in [3.63, 3.8) is 0 Å². The standard InChI is InChI=1S/C12H20N2O2/c1-3-12(4-2,10(15)16)14-9-11(5-6-11)7-8-13/h14H,3-7,9H2,1-2H3,(H,15,16). The zero-order valence-corrected chi connectivity index (χ0v) is 10.0. The first kappa shape index (κ1) is 13.0. The number of carbonyl (C=O) groups is 1.